The Balaban J connectivity index is 1.88. The Morgan fingerprint density at radius 2 is 1.85 bits per heavy atom. The second kappa shape index (κ2) is 8.10. The average molecular weight is 463 g/mol. The van der Waals surface area contributed by atoms with Gasteiger partial charge in [-0.1, -0.05) is 0 Å². The number of aliphatic hydroxyl groups is 3. The summed E-state index contributed by atoms with van der Waals surface area (Å²) >= 11 is 0. The van der Waals surface area contributed by atoms with Crippen LogP contribution >= 0.6 is 0 Å². The van der Waals surface area contributed by atoms with E-state index < -0.39 is 47.3 Å². The Kier molecular flexibility index (Phi) is 5.91. The van der Waals surface area contributed by atoms with Crippen LogP contribution in [0.15, 0.2) is 12.1 Å². The second-order valence-electron chi connectivity index (χ2n) is 8.81. The number of imide groups is 1. The van der Waals surface area contributed by atoms with Gasteiger partial charge in [-0.25, -0.2) is 9.78 Å². The third-order valence-corrected chi connectivity index (χ3v) is 4.63. The second-order valence-corrected chi connectivity index (χ2v) is 8.81. The van der Waals surface area contributed by atoms with Crippen LogP contribution in [0, 0.1) is 6.92 Å². The standard InChI is InChI=1S/C20H25N5O8/c1-9-22-12-6-10(7-21-17(29)33-18(2,3)4)5-11(13(12)23-9)14(26)25-19(30)8-20(31,32)16(28)24-15(19)27/h5-6,30-32H,7-8H2,1-4H3,(H,21,29)(H,22,23)(H,25,26)(H,24,27,28). The fraction of sp³-hybridized carbons (Fsp3) is 0.450. The van der Waals surface area contributed by atoms with Crippen molar-refractivity contribution >= 4 is 34.8 Å². The molecule has 7 N–H and O–H groups in total. The highest BCUT2D eigenvalue weighted by molar-refractivity contribution is 6.10. The number of hydrogen-bond donors (Lipinski definition) is 7. The molecule has 1 unspecified atom stereocenters. The molecule has 13 heteroatoms. The molecule has 1 aliphatic rings. The van der Waals surface area contributed by atoms with Crippen LogP contribution in [0.4, 0.5) is 4.79 Å². The molecule has 2 heterocycles. The number of H-pyrrole nitrogens is 1. The van der Waals surface area contributed by atoms with Crippen molar-refractivity contribution in [1.82, 2.24) is 25.9 Å². The van der Waals surface area contributed by atoms with Gasteiger partial charge in [-0.15, -0.1) is 0 Å². The molecule has 0 radical (unpaired) electrons. The van der Waals surface area contributed by atoms with Crippen molar-refractivity contribution in [2.45, 2.75) is 57.8 Å². The number of nitrogens with one attached hydrogen (secondary N) is 4. The van der Waals surface area contributed by atoms with Gasteiger partial charge in [-0.3, -0.25) is 19.7 Å². The summed E-state index contributed by atoms with van der Waals surface area (Å²) in [4.78, 5) is 55.7. The summed E-state index contributed by atoms with van der Waals surface area (Å²) in [6.45, 7) is 6.77. The first kappa shape index (κ1) is 24.1. The first-order valence-electron chi connectivity index (χ1n) is 9.91. The summed E-state index contributed by atoms with van der Waals surface area (Å²) in [5.74, 6) is -6.33. The predicted molar refractivity (Wildman–Crippen MR) is 111 cm³/mol. The molecule has 3 rings (SSSR count). The molecule has 13 nitrogen and oxygen atoms in total. The Hall–Kier alpha value is -3.55. The van der Waals surface area contributed by atoms with E-state index >= 15 is 0 Å². The lowest BCUT2D eigenvalue weighted by Gasteiger charge is -2.36. The van der Waals surface area contributed by atoms with Gasteiger partial charge in [-0.05, 0) is 45.4 Å². The summed E-state index contributed by atoms with van der Waals surface area (Å²) < 4.78 is 5.18. The van der Waals surface area contributed by atoms with Gasteiger partial charge >= 0.3 is 6.09 Å². The van der Waals surface area contributed by atoms with Crippen LogP contribution in [0.5, 0.6) is 0 Å². The topological polar surface area (TPSA) is 203 Å². The number of piperidine rings is 1. The lowest BCUT2D eigenvalue weighted by molar-refractivity contribution is -0.218. The van der Waals surface area contributed by atoms with Crippen LogP contribution in [-0.4, -0.2) is 66.2 Å². The van der Waals surface area contributed by atoms with Crippen molar-refractivity contribution in [2.75, 3.05) is 0 Å². The zero-order valence-corrected chi connectivity index (χ0v) is 18.4. The fourth-order valence-electron chi connectivity index (χ4n) is 3.24. The van der Waals surface area contributed by atoms with Crippen LogP contribution < -0.4 is 16.0 Å². The summed E-state index contributed by atoms with van der Waals surface area (Å²) in [6, 6.07) is 3.03. The van der Waals surface area contributed by atoms with Gasteiger partial charge in [0, 0.05) is 6.54 Å². The maximum Gasteiger partial charge on any atom is 0.407 e. The smallest absolute Gasteiger partial charge is 0.407 e. The molecule has 1 fully saturated rings. The largest absolute Gasteiger partial charge is 0.444 e. The number of rotatable bonds is 4. The highest BCUT2D eigenvalue weighted by Crippen LogP contribution is 2.25. The van der Waals surface area contributed by atoms with Gasteiger partial charge in [-0.2, -0.15) is 0 Å². The highest BCUT2D eigenvalue weighted by Gasteiger charge is 2.54. The van der Waals surface area contributed by atoms with Gasteiger partial charge < -0.3 is 35.7 Å². The minimum atomic E-state index is -3.08. The predicted octanol–water partition coefficient (Wildman–Crippen LogP) is -0.958. The lowest BCUT2D eigenvalue weighted by Crippen LogP contribution is -2.70. The third-order valence-electron chi connectivity index (χ3n) is 4.63. The number of alkyl carbamates (subject to hydrolysis) is 1. The van der Waals surface area contributed by atoms with E-state index in [2.05, 4.69) is 15.3 Å². The zero-order chi connectivity index (χ0) is 24.8. The fourth-order valence-corrected chi connectivity index (χ4v) is 3.24. The van der Waals surface area contributed by atoms with Crippen LogP contribution in [-0.2, 0) is 20.9 Å². The molecule has 33 heavy (non-hydrogen) atoms. The number of imidazole rings is 1. The van der Waals surface area contributed by atoms with Crippen LogP contribution in [0.3, 0.4) is 0 Å². The number of carbonyl (C=O) groups excluding carboxylic acids is 4. The molecule has 0 bridgehead atoms. The van der Waals surface area contributed by atoms with E-state index in [-0.39, 0.29) is 17.6 Å². The Labute approximate surface area is 187 Å². The molecule has 1 aromatic heterocycles. The van der Waals surface area contributed by atoms with Crippen LogP contribution in [0.1, 0.15) is 48.9 Å². The molecule has 2 aromatic rings. The van der Waals surface area contributed by atoms with Crippen molar-refractivity contribution in [1.29, 1.82) is 0 Å². The van der Waals surface area contributed by atoms with Crippen LogP contribution in [0.2, 0.25) is 0 Å². The summed E-state index contributed by atoms with van der Waals surface area (Å²) in [5, 5.41) is 36.1. The van der Waals surface area contributed by atoms with Crippen molar-refractivity contribution in [3.63, 3.8) is 0 Å². The number of amides is 4. The number of benzene rings is 1. The van der Waals surface area contributed by atoms with Gasteiger partial charge in [0.2, 0.25) is 11.5 Å². The molecule has 1 aromatic carbocycles. The summed E-state index contributed by atoms with van der Waals surface area (Å²) in [5.41, 5.74) is -2.44. The minimum absolute atomic E-state index is 0.0150. The minimum Gasteiger partial charge on any atom is -0.444 e. The number of hydrogen-bond acceptors (Lipinski definition) is 9. The van der Waals surface area contributed by atoms with Gasteiger partial charge in [0.25, 0.3) is 17.7 Å². The number of aromatic nitrogens is 2. The molecule has 0 saturated carbocycles. The number of aromatic amines is 1. The molecule has 0 aliphatic carbocycles. The zero-order valence-electron chi connectivity index (χ0n) is 18.4. The molecule has 0 spiro atoms. The maximum absolute atomic E-state index is 13.0. The normalized spacial score (nSPS) is 20.3. The van der Waals surface area contributed by atoms with E-state index in [1.807, 2.05) is 5.32 Å². The van der Waals surface area contributed by atoms with Gasteiger partial charge in [0.15, 0.2) is 0 Å². The Morgan fingerprint density at radius 1 is 1.18 bits per heavy atom. The molecular weight excluding hydrogens is 438 g/mol. The molecule has 1 saturated heterocycles. The van der Waals surface area contributed by atoms with Crippen molar-refractivity contribution in [3.05, 3.63) is 29.1 Å². The quantitative estimate of drug-likeness (QED) is 0.220. The number of ether oxygens (including phenoxy) is 1. The van der Waals surface area contributed by atoms with Crippen molar-refractivity contribution in [2.24, 2.45) is 0 Å². The van der Waals surface area contributed by atoms with Crippen molar-refractivity contribution < 1.29 is 39.2 Å². The Morgan fingerprint density at radius 3 is 2.48 bits per heavy atom. The lowest BCUT2D eigenvalue weighted by atomic mass is 9.95. The van der Waals surface area contributed by atoms with E-state index in [0.717, 1.165) is 0 Å². The van der Waals surface area contributed by atoms with E-state index in [0.29, 0.717) is 16.9 Å². The van der Waals surface area contributed by atoms with E-state index in [4.69, 9.17) is 4.74 Å². The SMILES string of the molecule is Cc1nc2c(C(=O)NC3(O)CC(O)(O)C(=O)NC3=O)cc(CNC(=O)OC(C)(C)C)cc2[nH]1. The summed E-state index contributed by atoms with van der Waals surface area (Å²) in [6.07, 6.45) is -1.85. The van der Waals surface area contributed by atoms with Crippen LogP contribution in [0.25, 0.3) is 11.0 Å². The van der Waals surface area contributed by atoms with E-state index in [1.165, 1.54) is 6.07 Å². The van der Waals surface area contributed by atoms with E-state index in [1.54, 1.807) is 39.1 Å². The number of nitrogens with zero attached hydrogens (tertiary/aromatic N) is 1. The Bertz CT molecular complexity index is 1150. The van der Waals surface area contributed by atoms with E-state index in [9.17, 15) is 34.5 Å². The number of fused-ring (bicyclic) bond motifs is 1. The molecular formula is C20H25N5O8. The van der Waals surface area contributed by atoms with Gasteiger partial charge in [0.05, 0.1) is 17.5 Å². The summed E-state index contributed by atoms with van der Waals surface area (Å²) in [7, 11) is 0. The molecule has 178 valence electrons. The number of carbonyl (C=O) groups is 4. The number of aryl methyl sites for hydroxylation is 1. The maximum atomic E-state index is 13.0. The van der Waals surface area contributed by atoms with Gasteiger partial charge in [0.1, 0.15) is 16.9 Å². The molecule has 1 atom stereocenters. The average Bonchev–Trinajstić information content (AvgIpc) is 3.02. The highest BCUT2D eigenvalue weighted by atomic mass is 16.6. The first-order chi connectivity index (χ1) is 15.1. The monoisotopic (exact) mass is 463 g/mol. The third kappa shape index (κ3) is 5.27. The molecule has 4 amide bonds. The molecule has 1 aliphatic heterocycles. The first-order valence-corrected chi connectivity index (χ1v) is 9.91. The van der Waals surface area contributed by atoms with Crippen molar-refractivity contribution in [3.8, 4) is 0 Å².